The van der Waals surface area contributed by atoms with Gasteiger partial charge in [-0.15, -0.1) is 0 Å². The van der Waals surface area contributed by atoms with Crippen molar-refractivity contribution in [1.82, 2.24) is 0 Å². The molecule has 10 rings (SSSR count). The lowest BCUT2D eigenvalue weighted by Gasteiger charge is -2.60. The molecule has 0 aromatic rings. The first-order chi connectivity index (χ1) is 43.6. The van der Waals surface area contributed by atoms with E-state index in [1.54, 1.807) is 13.8 Å². The van der Waals surface area contributed by atoms with E-state index in [9.17, 15) is 84.5 Å². The van der Waals surface area contributed by atoms with Crippen LogP contribution in [0.4, 0.5) is 0 Å². The lowest BCUT2D eigenvalue weighted by Crippen LogP contribution is -2.66. The van der Waals surface area contributed by atoms with E-state index >= 15 is 0 Å². The Labute approximate surface area is 541 Å². The SMILES string of the molecule is CC(C)=CCC[C@](C)(O)[C@H]1CC[C@H]2[C@@H]3C[C@H](O[C@@H]4O[C@H](C)[C@@H](O)[C@H](O[C@@H]5OC[C@@H](O[C@@H]6O[C@H](C)[C@H](O)[C@H](O)[C@H]6O[C@@H]6OC[C@H](O)[C@H](O[C@@H]7O[C@H](CO)[C@H](O)[C@H](O)[C@H]7O)[C@H]6O)[C@H](O)[C@H]5O[C@@H]5O[C@H](C)[C@@H](O)[C@H](O)[C@H]5O)[C@H]4C)[C@H]4C[C@@H](OS(=O)(=O)O)CC[C@]4(C)C3=CC[C@@]21C. The standard InChI is InChI=1S/C62H102O30S/c1-24(2)11-10-16-62(9,76)38-13-12-31-30-20-35(33-19-29(92-93(77,78)79)14-17-60(33,7)32(30)15-18-61(31,38)8)85-54-25(3)50(41(67)28(6)82-54)88-58-52(91-56-47(73)44(70)39(65)26(4)83-56)43(69)37(23-81-58)87-59-53(46(72)40(66)27(5)84-59)90-55-49(75)51(34(64)22-80-55)89-57-48(74)45(71)42(68)36(21-63)86-57/h11,15,25-31,33-59,63-76H,10,12-14,16-23H2,1-9H3,(H,77,78,79)/t25-,26-,27-,28-,29+,30+,31+,33-,34+,35+,36-,37-,38+,39-,40+,41-,42+,43+,44+,45+,46+,47-,48-,49-,50-,51+,52-,53-,54+,55+,56+,57+,58+,59+,60-,61+,62+/m1/s1. The van der Waals surface area contributed by atoms with Crippen LogP contribution >= 0.6 is 0 Å². The number of allylic oxidation sites excluding steroid dienone is 4. The lowest BCUT2D eigenvalue weighted by atomic mass is 9.47. The first kappa shape index (κ1) is 74.0. The summed E-state index contributed by atoms with van der Waals surface area (Å²) in [5.74, 6) is -1.11. The second kappa shape index (κ2) is 29.1. The second-order valence-electron chi connectivity index (χ2n) is 28.9. The third-order valence-corrected chi connectivity index (χ3v) is 22.9. The zero-order valence-electron chi connectivity index (χ0n) is 54.0. The smallest absolute Gasteiger partial charge is 0.394 e. The highest BCUT2D eigenvalue weighted by Crippen LogP contribution is 2.68. The van der Waals surface area contributed by atoms with Crippen LogP contribution in [0.25, 0.3) is 0 Å². The Morgan fingerprint density at radius 2 is 1.17 bits per heavy atom. The van der Waals surface area contributed by atoms with Gasteiger partial charge in [-0.3, -0.25) is 4.55 Å². The Morgan fingerprint density at radius 3 is 1.84 bits per heavy atom. The van der Waals surface area contributed by atoms with Crippen LogP contribution in [0.5, 0.6) is 0 Å². The molecule has 15 N–H and O–H groups in total. The third-order valence-electron chi connectivity index (χ3n) is 22.4. The number of hydrogen-bond donors (Lipinski definition) is 15. The van der Waals surface area contributed by atoms with Crippen molar-refractivity contribution in [1.29, 1.82) is 0 Å². The van der Waals surface area contributed by atoms with Gasteiger partial charge in [0, 0.05) is 5.92 Å². The first-order valence-electron chi connectivity index (χ1n) is 32.9. The fourth-order valence-corrected chi connectivity index (χ4v) is 17.5. The molecule has 0 aromatic carbocycles. The van der Waals surface area contributed by atoms with Crippen LogP contribution in [0, 0.1) is 40.4 Å². The predicted molar refractivity (Wildman–Crippen MR) is 315 cm³/mol. The van der Waals surface area contributed by atoms with Crippen molar-refractivity contribution >= 4 is 10.4 Å². The number of aliphatic hydroxyl groups is 14. The van der Waals surface area contributed by atoms with Gasteiger partial charge >= 0.3 is 10.4 Å². The summed E-state index contributed by atoms with van der Waals surface area (Å²) in [6.45, 7) is 14.6. The van der Waals surface area contributed by atoms with Gasteiger partial charge in [0.25, 0.3) is 0 Å². The molecule has 30 nitrogen and oxygen atoms in total. The van der Waals surface area contributed by atoms with Gasteiger partial charge < -0.3 is 128 Å². The van der Waals surface area contributed by atoms with Crippen molar-refractivity contribution in [2.24, 2.45) is 40.4 Å². The maximum Gasteiger partial charge on any atom is 0.397 e. The minimum absolute atomic E-state index is 0.00734. The molecule has 6 aliphatic heterocycles. The molecular formula is C62H102O30S. The van der Waals surface area contributed by atoms with Crippen LogP contribution in [0.3, 0.4) is 0 Å². The fourth-order valence-electron chi connectivity index (χ4n) is 17.0. The van der Waals surface area contributed by atoms with E-state index in [2.05, 4.69) is 26.0 Å². The maximum atomic E-state index is 12.5. The molecule has 0 aromatic heterocycles. The molecule has 6 saturated heterocycles. The zero-order chi connectivity index (χ0) is 67.9. The second-order valence-corrected chi connectivity index (χ2v) is 30.0. The van der Waals surface area contributed by atoms with Crippen LogP contribution < -0.4 is 0 Å². The van der Waals surface area contributed by atoms with Gasteiger partial charge in [0.1, 0.15) is 104 Å². The Bertz CT molecular complexity index is 2670. The van der Waals surface area contributed by atoms with Crippen molar-refractivity contribution in [2.75, 3.05) is 19.8 Å². The summed E-state index contributed by atoms with van der Waals surface area (Å²) in [6, 6.07) is 0. The zero-order valence-corrected chi connectivity index (χ0v) is 54.8. The van der Waals surface area contributed by atoms with Gasteiger partial charge in [-0.25, -0.2) is 4.18 Å². The van der Waals surface area contributed by atoms with Gasteiger partial charge in [0.2, 0.25) is 0 Å². The maximum absolute atomic E-state index is 12.5. The normalized spacial score (nSPS) is 52.0. The van der Waals surface area contributed by atoms with Crippen molar-refractivity contribution in [3.05, 3.63) is 23.3 Å². The minimum atomic E-state index is -4.84. The van der Waals surface area contributed by atoms with Crippen LogP contribution in [-0.4, -0.2) is 288 Å². The van der Waals surface area contributed by atoms with Crippen LogP contribution in [0.2, 0.25) is 0 Å². The lowest BCUT2D eigenvalue weighted by molar-refractivity contribution is -0.396. The predicted octanol–water partition coefficient (Wildman–Crippen LogP) is -2.20. The molecule has 0 amide bonds. The molecule has 0 bridgehead atoms. The Balaban J connectivity index is 0.892. The number of fused-ring (bicyclic) bond motifs is 5. The van der Waals surface area contributed by atoms with E-state index in [-0.39, 0.29) is 35.5 Å². The monoisotopic (exact) mass is 1360 g/mol. The summed E-state index contributed by atoms with van der Waals surface area (Å²) < 4.78 is 114. The average Bonchev–Trinajstić information content (AvgIpc) is 1.69. The molecule has 0 spiro atoms. The number of rotatable bonds is 19. The number of hydrogen-bond acceptors (Lipinski definition) is 29. The van der Waals surface area contributed by atoms with Crippen molar-refractivity contribution in [3.8, 4) is 0 Å². The van der Waals surface area contributed by atoms with E-state index in [0.29, 0.717) is 25.7 Å². The van der Waals surface area contributed by atoms with Gasteiger partial charge in [0.05, 0.1) is 62.0 Å². The van der Waals surface area contributed by atoms with Gasteiger partial charge in [0.15, 0.2) is 37.7 Å². The molecule has 3 saturated carbocycles. The Kier molecular flexibility index (Phi) is 23.2. The summed E-state index contributed by atoms with van der Waals surface area (Å²) >= 11 is 0. The molecule has 9 fully saturated rings. The van der Waals surface area contributed by atoms with Crippen molar-refractivity contribution < 1.29 is 145 Å². The van der Waals surface area contributed by atoms with E-state index in [4.69, 9.17) is 61.0 Å². The van der Waals surface area contributed by atoms with E-state index < -0.39 is 225 Å². The van der Waals surface area contributed by atoms with E-state index in [1.807, 2.05) is 20.8 Å². The summed E-state index contributed by atoms with van der Waals surface area (Å²) in [5, 5.41) is 156. The van der Waals surface area contributed by atoms with Crippen LogP contribution in [0.1, 0.15) is 120 Å². The topological polar surface area (TPSA) is 458 Å². The average molecular weight is 1360 g/mol. The molecule has 37 atom stereocenters. The molecule has 6 heterocycles. The molecule has 0 radical (unpaired) electrons. The summed E-state index contributed by atoms with van der Waals surface area (Å²) in [6.07, 6.45) is -36.1. The molecule has 10 aliphatic rings. The third kappa shape index (κ3) is 14.9. The highest BCUT2D eigenvalue weighted by atomic mass is 32.3. The van der Waals surface area contributed by atoms with E-state index in [1.165, 1.54) is 25.0 Å². The number of aliphatic hydroxyl groups excluding tert-OH is 13. The molecular weight excluding hydrogens is 1260 g/mol. The largest absolute Gasteiger partial charge is 0.397 e. The fraction of sp³-hybridized carbons (Fsp3) is 0.935. The minimum Gasteiger partial charge on any atom is -0.394 e. The van der Waals surface area contributed by atoms with Crippen LogP contribution in [-0.2, 0) is 71.4 Å². The Morgan fingerprint density at radius 1 is 0.602 bits per heavy atom. The summed E-state index contributed by atoms with van der Waals surface area (Å²) in [5.41, 5.74) is 0.679. The highest BCUT2D eigenvalue weighted by molar-refractivity contribution is 7.80. The first-order valence-corrected chi connectivity index (χ1v) is 34.2. The van der Waals surface area contributed by atoms with Crippen molar-refractivity contribution in [3.63, 3.8) is 0 Å². The van der Waals surface area contributed by atoms with E-state index in [0.717, 1.165) is 25.7 Å². The van der Waals surface area contributed by atoms with Gasteiger partial charge in [-0.2, -0.15) is 8.42 Å². The number of ether oxygens (including phenoxy) is 12. The van der Waals surface area contributed by atoms with Gasteiger partial charge in [-0.1, -0.05) is 44.1 Å². The Hall–Kier alpha value is -1.69. The van der Waals surface area contributed by atoms with Crippen LogP contribution in [0.15, 0.2) is 23.3 Å². The summed E-state index contributed by atoms with van der Waals surface area (Å²) in [7, 11) is -4.84. The quantitative estimate of drug-likeness (QED) is 0.0482. The molecule has 93 heavy (non-hydrogen) atoms. The van der Waals surface area contributed by atoms with Crippen molar-refractivity contribution in [2.45, 2.75) is 304 Å². The summed E-state index contributed by atoms with van der Waals surface area (Å²) in [4.78, 5) is 0. The molecule has 4 aliphatic carbocycles. The van der Waals surface area contributed by atoms with Gasteiger partial charge in [-0.05, 0) is 134 Å². The highest BCUT2D eigenvalue weighted by Gasteiger charge is 2.64. The molecule has 536 valence electrons. The molecule has 31 heteroatoms. The molecule has 0 unspecified atom stereocenters.